The Morgan fingerprint density at radius 3 is 0.961 bits per heavy atom. The number of carbonyl (C=O) groups excluding carboxylic acids is 7. The predicted octanol–water partition coefficient (Wildman–Crippen LogP) is 20.2. The lowest BCUT2D eigenvalue weighted by Crippen LogP contribution is -2.05. The molecule has 0 bridgehead atoms. The van der Waals surface area contributed by atoms with Crippen LogP contribution in [0.5, 0.6) is 23.0 Å². The first-order chi connectivity index (χ1) is 62.0. The summed E-state index contributed by atoms with van der Waals surface area (Å²) in [5, 5.41) is 24.7. The standard InChI is InChI=1S/C25H19N3O6.C23H19N3O4.2C21H17N3O3.C4H2O3.C2H3ClO/c1-14(2)32-21-9-7-15(13-19(21)26-3)25-27-24(28-34-25)18-6-4-5-17-16(18)8-10-20(17)33-23(31)12-11-22(29)30;1-13(2)28-21-10-8-15(12-19(21)24-4)23-25-22(26-30-23)18-7-5-6-17-16(18)9-11-20(17)29-14(3)27;2*1-12(2)26-19-10-7-13(11-17(19)22-3)21-23-20(24-27-21)16-6-4-5-15-14(16)8-9-18(15)25;5-3-1-2-4(6)7-3;1-2(3)4/h4-7,9-14H,8H2,1-2H3,(H,29,30);5-8,10-13H,9H2,1-3H3;2*4-7,10-12H,8-9H2,1-2H3;1-2H;1H3. The molecule has 0 saturated carbocycles. The maximum Gasteiger partial charge on any atom is 0.338 e. The molecule has 8 aromatic carbocycles. The van der Waals surface area contributed by atoms with Gasteiger partial charge in [0, 0.05) is 118 Å². The van der Waals surface area contributed by atoms with Crippen molar-refractivity contribution in [1.29, 1.82) is 0 Å². The highest BCUT2D eigenvalue weighted by Gasteiger charge is 2.30. The summed E-state index contributed by atoms with van der Waals surface area (Å²) in [6.07, 6.45) is 10.7. The minimum Gasteiger partial charge on any atom is -0.502 e. The smallest absolute Gasteiger partial charge is 0.338 e. The Kier molecular flexibility index (Phi) is 29.5. The molecule has 5 heterocycles. The first-order valence-electron chi connectivity index (χ1n) is 39.9. The van der Waals surface area contributed by atoms with Crippen LogP contribution in [0, 0.1) is 26.3 Å². The number of carboxylic acid groups (broad SMARTS) is 1. The molecule has 0 atom stereocenters. The lowest BCUT2D eigenvalue weighted by molar-refractivity contribution is -0.150. The zero-order valence-electron chi connectivity index (χ0n) is 70.8. The minimum atomic E-state index is -1.24. The molecule has 32 nitrogen and oxygen atoms in total. The number of carboxylic acids is 1. The molecule has 33 heteroatoms. The van der Waals surface area contributed by atoms with Gasteiger partial charge in [-0.1, -0.05) is 93.4 Å². The van der Waals surface area contributed by atoms with Crippen LogP contribution in [0.15, 0.2) is 200 Å². The Balaban J connectivity index is 0.000000150. The topological polar surface area (TPSA) is 395 Å². The van der Waals surface area contributed by atoms with E-state index in [2.05, 4.69) is 76.3 Å². The fraction of sp³-hybridized carbons (Fsp3) is 0.208. The number of nitrogens with zero attached hydrogens (tertiary/aromatic N) is 12. The highest BCUT2D eigenvalue weighted by atomic mass is 35.5. The van der Waals surface area contributed by atoms with Gasteiger partial charge in [0.2, 0.25) is 51.3 Å². The summed E-state index contributed by atoms with van der Waals surface area (Å²) in [7, 11) is 0. The third-order valence-corrected chi connectivity index (χ3v) is 18.8. The number of ether oxygens (including phenoxy) is 7. The Hall–Kier alpha value is -16.7. The Morgan fingerprint density at radius 1 is 0.403 bits per heavy atom. The zero-order chi connectivity index (χ0) is 92.3. The van der Waals surface area contributed by atoms with Crippen LogP contribution >= 0.6 is 11.6 Å². The quantitative estimate of drug-likeness (QED) is 0.0185. The summed E-state index contributed by atoms with van der Waals surface area (Å²) in [6, 6.07) is 43.0. The molecule has 5 aliphatic rings. The van der Waals surface area contributed by atoms with Crippen LogP contribution in [0.2, 0.25) is 0 Å². The molecular formula is C96H77ClN12O20. The van der Waals surface area contributed by atoms with Gasteiger partial charge in [-0.15, -0.1) is 0 Å². The average molecular weight is 1750 g/mol. The molecule has 0 spiro atoms. The number of halogens is 1. The van der Waals surface area contributed by atoms with E-state index < -0.39 is 23.9 Å². The number of aliphatic carboxylic acids is 1. The monoisotopic (exact) mass is 1750 g/mol. The van der Waals surface area contributed by atoms with E-state index in [1.54, 1.807) is 91.0 Å². The number of fused-ring (bicyclic) bond motifs is 4. The van der Waals surface area contributed by atoms with Gasteiger partial charge in [0.15, 0.2) is 11.6 Å². The van der Waals surface area contributed by atoms with Crippen molar-refractivity contribution >= 4 is 92.5 Å². The molecule has 648 valence electrons. The number of hydrogen-bond donors (Lipinski definition) is 1. The number of benzene rings is 8. The molecule has 1 aliphatic heterocycles. The molecule has 4 aromatic heterocycles. The summed E-state index contributed by atoms with van der Waals surface area (Å²) in [6.45, 7) is 47.5. The summed E-state index contributed by atoms with van der Waals surface area (Å²) < 4.78 is 58.9. The van der Waals surface area contributed by atoms with Crippen molar-refractivity contribution in [1.82, 2.24) is 40.6 Å². The van der Waals surface area contributed by atoms with Crippen LogP contribution in [0.25, 0.3) is 122 Å². The largest absolute Gasteiger partial charge is 0.502 e. The molecule has 0 unspecified atom stereocenters. The summed E-state index contributed by atoms with van der Waals surface area (Å²) in [4.78, 5) is 119. The second-order valence-electron chi connectivity index (χ2n) is 29.5. The van der Waals surface area contributed by atoms with Crippen molar-refractivity contribution in [3.05, 3.63) is 272 Å². The second-order valence-corrected chi connectivity index (χ2v) is 30.0. The molecule has 0 amide bonds. The molecule has 129 heavy (non-hydrogen) atoms. The molecule has 12 aromatic rings. The van der Waals surface area contributed by atoms with Crippen molar-refractivity contribution in [3.63, 3.8) is 0 Å². The molecular weight excluding hydrogens is 1680 g/mol. The van der Waals surface area contributed by atoms with Gasteiger partial charge in [-0.05, 0) is 200 Å². The van der Waals surface area contributed by atoms with Crippen LogP contribution in [-0.2, 0) is 68.7 Å². The molecule has 4 aliphatic carbocycles. The predicted molar refractivity (Wildman–Crippen MR) is 469 cm³/mol. The molecule has 0 fully saturated rings. The Bertz CT molecular complexity index is 6520. The summed E-state index contributed by atoms with van der Waals surface area (Å²) in [5.74, 6) is 2.62. The van der Waals surface area contributed by atoms with E-state index in [9.17, 15) is 38.4 Å². The van der Waals surface area contributed by atoms with Crippen LogP contribution in [0.1, 0.15) is 136 Å². The zero-order valence-corrected chi connectivity index (χ0v) is 71.6. The normalized spacial score (nSPS) is 12.7. The first-order valence-corrected chi connectivity index (χ1v) is 40.3. The van der Waals surface area contributed by atoms with Gasteiger partial charge in [-0.3, -0.25) is 19.2 Å². The number of Topliss-reactive ketones (excluding diaryl/α,β-unsaturated/α-hetero) is 2. The maximum absolute atomic E-state index is 12.0. The van der Waals surface area contributed by atoms with Crippen LogP contribution in [0.4, 0.5) is 22.7 Å². The number of rotatable bonds is 20. The summed E-state index contributed by atoms with van der Waals surface area (Å²) >= 11 is 4.64. The number of esters is 4. The lowest BCUT2D eigenvalue weighted by atomic mass is 10.0. The van der Waals surface area contributed by atoms with E-state index >= 15 is 0 Å². The number of carbonyl (C=O) groups is 8. The van der Waals surface area contributed by atoms with Gasteiger partial charge in [0.25, 0.3) is 23.6 Å². The van der Waals surface area contributed by atoms with Gasteiger partial charge in [-0.25, -0.2) is 38.6 Å². The SMILES string of the molecule is CC(=O)Cl.O=C1C=CC(=O)O1.[C-]#[N+]c1cc(-c2nc(-c3cccc4c3CC=C4OC(=O)C=CC(=O)O)no2)ccc1OC(C)C.[C-]#[N+]c1cc(-c2nc(-c3cccc4c3CC=C4OC(C)=O)no2)ccc1OC(C)C.[C-]#[N+]c1cc(-c2nc(-c3cccc4c3CCC4=O)no2)ccc1OC(C)C.[C-]#[N+]c1cc(-c2nc(-c3cccc4c3CCC4=O)no2)ccc1OC(C)C. The van der Waals surface area contributed by atoms with Crippen molar-refractivity contribution < 1.29 is 94.7 Å². The third-order valence-electron chi connectivity index (χ3n) is 18.8. The molecule has 0 radical (unpaired) electrons. The first kappa shape index (κ1) is 91.5. The van der Waals surface area contributed by atoms with Gasteiger partial charge >= 0.3 is 29.8 Å². The van der Waals surface area contributed by atoms with Crippen LogP contribution in [-0.4, -0.2) is 117 Å². The number of allylic oxidation sites excluding steroid dienone is 2. The molecule has 1 N–H and O–H groups in total. The second kappa shape index (κ2) is 41.6. The highest BCUT2D eigenvalue weighted by molar-refractivity contribution is 6.62. The lowest BCUT2D eigenvalue weighted by Gasteiger charge is -2.11. The van der Waals surface area contributed by atoms with E-state index in [4.69, 9.17) is 77.9 Å². The fourth-order valence-electron chi connectivity index (χ4n) is 13.6. The molecule has 17 rings (SSSR count). The highest BCUT2D eigenvalue weighted by Crippen LogP contribution is 2.43. The number of aromatic nitrogens is 8. The minimum absolute atomic E-state index is 0.0192. The van der Waals surface area contributed by atoms with Crippen molar-refractivity contribution in [2.24, 2.45) is 0 Å². The van der Waals surface area contributed by atoms with Crippen LogP contribution in [0.3, 0.4) is 0 Å². The van der Waals surface area contributed by atoms with E-state index in [0.29, 0.717) is 170 Å². The maximum atomic E-state index is 12.0. The number of cyclic esters (lactones) is 2. The average Bonchev–Trinajstić information content (AvgIpc) is 1.65. The summed E-state index contributed by atoms with van der Waals surface area (Å²) in [5.41, 5.74) is 14.0. The van der Waals surface area contributed by atoms with Gasteiger partial charge in [0.1, 0.15) is 34.5 Å². The number of ketones is 2. The van der Waals surface area contributed by atoms with Crippen molar-refractivity contribution in [2.75, 3.05) is 0 Å². The van der Waals surface area contributed by atoms with E-state index in [-0.39, 0.29) is 53.1 Å². The van der Waals surface area contributed by atoms with E-state index in [1.165, 1.54) is 13.8 Å². The van der Waals surface area contributed by atoms with E-state index in [0.717, 1.165) is 79.9 Å². The van der Waals surface area contributed by atoms with Gasteiger partial charge < -0.3 is 56.4 Å². The Labute approximate surface area is 742 Å². The Morgan fingerprint density at radius 2 is 0.690 bits per heavy atom. The fourth-order valence-corrected chi connectivity index (χ4v) is 13.6. The number of hydrogen-bond acceptors (Lipinski definition) is 27. The van der Waals surface area contributed by atoms with Gasteiger partial charge in [-0.2, -0.15) is 19.9 Å². The van der Waals surface area contributed by atoms with Crippen LogP contribution < -0.4 is 18.9 Å². The van der Waals surface area contributed by atoms with E-state index in [1.807, 2.05) is 122 Å². The van der Waals surface area contributed by atoms with Crippen molar-refractivity contribution in [3.8, 4) is 114 Å². The van der Waals surface area contributed by atoms with Crippen molar-refractivity contribution in [2.45, 2.75) is 132 Å². The molecule has 0 saturated heterocycles. The third kappa shape index (κ3) is 22.8. The van der Waals surface area contributed by atoms with Gasteiger partial charge in [0.05, 0.1) is 50.7 Å².